The van der Waals surface area contributed by atoms with Crippen LogP contribution in [0.15, 0.2) is 30.3 Å². The molecule has 92 valence electrons. The normalized spacial score (nSPS) is 22.9. The zero-order valence-electron chi connectivity index (χ0n) is 9.84. The van der Waals surface area contributed by atoms with E-state index in [2.05, 4.69) is 0 Å². The maximum atomic E-state index is 11.5. The third-order valence-electron chi connectivity index (χ3n) is 3.34. The van der Waals surface area contributed by atoms with Crippen molar-refractivity contribution >= 4 is 5.97 Å². The summed E-state index contributed by atoms with van der Waals surface area (Å²) in [6, 6.07) is 9.65. The predicted molar refractivity (Wildman–Crippen MR) is 64.2 cm³/mol. The summed E-state index contributed by atoms with van der Waals surface area (Å²) in [4.78, 5) is 11.5. The van der Waals surface area contributed by atoms with Gasteiger partial charge in [-0.05, 0) is 30.7 Å². The van der Waals surface area contributed by atoms with E-state index in [4.69, 9.17) is 4.74 Å². The van der Waals surface area contributed by atoms with Crippen LogP contribution in [0.25, 0.3) is 0 Å². The van der Waals surface area contributed by atoms with Gasteiger partial charge in [-0.3, -0.25) is 4.79 Å². The van der Waals surface area contributed by atoms with Crippen LogP contribution < -0.4 is 0 Å². The zero-order valence-corrected chi connectivity index (χ0v) is 9.84. The molecule has 2 rings (SSSR count). The maximum Gasteiger partial charge on any atom is 0.306 e. The van der Waals surface area contributed by atoms with E-state index in [0.29, 0.717) is 18.9 Å². The first-order valence-electron chi connectivity index (χ1n) is 6.13. The van der Waals surface area contributed by atoms with E-state index in [0.717, 1.165) is 24.8 Å². The van der Waals surface area contributed by atoms with E-state index in [9.17, 15) is 9.90 Å². The van der Waals surface area contributed by atoms with Gasteiger partial charge in [-0.1, -0.05) is 30.3 Å². The van der Waals surface area contributed by atoms with E-state index in [-0.39, 0.29) is 12.1 Å². The van der Waals surface area contributed by atoms with Crippen LogP contribution in [-0.2, 0) is 16.1 Å². The number of ether oxygens (including phenoxy) is 1. The Morgan fingerprint density at radius 3 is 2.65 bits per heavy atom. The van der Waals surface area contributed by atoms with Gasteiger partial charge in [0.05, 0.1) is 6.10 Å². The second-order valence-electron chi connectivity index (χ2n) is 4.59. The Hall–Kier alpha value is -1.35. The Bertz CT molecular complexity index is 361. The monoisotopic (exact) mass is 234 g/mol. The van der Waals surface area contributed by atoms with Gasteiger partial charge in [0.15, 0.2) is 0 Å². The smallest absolute Gasteiger partial charge is 0.306 e. The number of carbonyl (C=O) groups excluding carboxylic acids is 1. The van der Waals surface area contributed by atoms with Crippen LogP contribution in [0.5, 0.6) is 0 Å². The Kier molecular flexibility index (Phi) is 4.15. The van der Waals surface area contributed by atoms with Crippen molar-refractivity contribution in [2.75, 3.05) is 0 Å². The molecule has 1 fully saturated rings. The molecule has 0 aliphatic heterocycles. The minimum Gasteiger partial charge on any atom is -0.461 e. The fourth-order valence-electron chi connectivity index (χ4n) is 2.00. The van der Waals surface area contributed by atoms with Crippen molar-refractivity contribution in [3.63, 3.8) is 0 Å². The first-order chi connectivity index (χ1) is 8.25. The number of benzene rings is 1. The van der Waals surface area contributed by atoms with Gasteiger partial charge in [0.1, 0.15) is 6.61 Å². The highest BCUT2D eigenvalue weighted by Crippen LogP contribution is 2.31. The number of esters is 1. The summed E-state index contributed by atoms with van der Waals surface area (Å²) < 4.78 is 5.16. The van der Waals surface area contributed by atoms with E-state index in [1.807, 2.05) is 30.3 Å². The van der Waals surface area contributed by atoms with E-state index >= 15 is 0 Å². The number of aliphatic hydroxyl groups excluding tert-OH is 1. The summed E-state index contributed by atoms with van der Waals surface area (Å²) in [6.07, 6.45) is 2.87. The lowest BCUT2D eigenvalue weighted by Gasteiger charge is -2.31. The molecule has 17 heavy (non-hydrogen) atoms. The predicted octanol–water partition coefficient (Wildman–Crippen LogP) is 2.28. The molecule has 3 heteroatoms. The first-order valence-corrected chi connectivity index (χ1v) is 6.13. The molecule has 0 heterocycles. The Labute approximate surface area is 101 Å². The molecule has 0 spiro atoms. The van der Waals surface area contributed by atoms with Gasteiger partial charge in [0, 0.05) is 6.42 Å². The fraction of sp³-hybridized carbons (Fsp3) is 0.500. The Morgan fingerprint density at radius 1 is 1.29 bits per heavy atom. The summed E-state index contributed by atoms with van der Waals surface area (Å²) in [6.45, 7) is 0.340. The summed E-state index contributed by atoms with van der Waals surface area (Å²) in [7, 11) is 0. The van der Waals surface area contributed by atoms with Crippen molar-refractivity contribution in [1.82, 2.24) is 0 Å². The topological polar surface area (TPSA) is 46.5 Å². The lowest BCUT2D eigenvalue weighted by Crippen LogP contribution is -2.31. The molecule has 0 radical (unpaired) electrons. The van der Waals surface area contributed by atoms with Crippen LogP contribution in [0.1, 0.15) is 31.2 Å². The van der Waals surface area contributed by atoms with Crippen molar-refractivity contribution in [2.45, 2.75) is 38.4 Å². The lowest BCUT2D eigenvalue weighted by atomic mass is 9.79. The molecule has 2 unspecified atom stereocenters. The van der Waals surface area contributed by atoms with Gasteiger partial charge < -0.3 is 9.84 Å². The molecule has 0 amide bonds. The van der Waals surface area contributed by atoms with Crippen molar-refractivity contribution in [2.24, 2.45) is 5.92 Å². The van der Waals surface area contributed by atoms with Gasteiger partial charge in [0.25, 0.3) is 0 Å². The van der Waals surface area contributed by atoms with Crippen molar-refractivity contribution < 1.29 is 14.6 Å². The Balaban J connectivity index is 1.64. The van der Waals surface area contributed by atoms with Gasteiger partial charge in [0.2, 0.25) is 0 Å². The van der Waals surface area contributed by atoms with Gasteiger partial charge in [-0.25, -0.2) is 0 Å². The molecule has 0 aromatic heterocycles. The number of rotatable bonds is 5. The quantitative estimate of drug-likeness (QED) is 0.795. The van der Waals surface area contributed by atoms with Crippen molar-refractivity contribution in [3.8, 4) is 0 Å². The molecule has 1 aliphatic carbocycles. The van der Waals surface area contributed by atoms with Crippen LogP contribution in [0.2, 0.25) is 0 Å². The maximum absolute atomic E-state index is 11.5. The average molecular weight is 234 g/mol. The second-order valence-corrected chi connectivity index (χ2v) is 4.59. The van der Waals surface area contributed by atoms with Crippen molar-refractivity contribution in [3.05, 3.63) is 35.9 Å². The molecule has 1 saturated carbocycles. The van der Waals surface area contributed by atoms with Crippen LogP contribution in [0.3, 0.4) is 0 Å². The van der Waals surface area contributed by atoms with Gasteiger partial charge >= 0.3 is 5.97 Å². The molecule has 1 aromatic carbocycles. The summed E-state index contributed by atoms with van der Waals surface area (Å²) >= 11 is 0. The molecular formula is C14H18O3. The van der Waals surface area contributed by atoms with Gasteiger partial charge in [-0.2, -0.15) is 0 Å². The molecule has 1 N–H and O–H groups in total. The highest BCUT2D eigenvalue weighted by Gasteiger charge is 2.28. The zero-order chi connectivity index (χ0) is 12.1. The lowest BCUT2D eigenvalue weighted by molar-refractivity contribution is -0.145. The van der Waals surface area contributed by atoms with Crippen LogP contribution >= 0.6 is 0 Å². The summed E-state index contributed by atoms with van der Waals surface area (Å²) in [5.41, 5.74) is 1.00. The van der Waals surface area contributed by atoms with Crippen LogP contribution in [-0.4, -0.2) is 17.2 Å². The third kappa shape index (κ3) is 3.56. The summed E-state index contributed by atoms with van der Waals surface area (Å²) in [5.74, 6) is 0.132. The molecule has 1 aromatic rings. The molecule has 0 bridgehead atoms. The van der Waals surface area contributed by atoms with Crippen molar-refractivity contribution in [1.29, 1.82) is 0 Å². The number of carbonyl (C=O) groups is 1. The average Bonchev–Trinajstić information content (AvgIpc) is 2.36. The molecule has 2 atom stereocenters. The number of aliphatic hydroxyl groups is 1. The standard InChI is InChI=1S/C14H18O3/c15-13-8-6-12(13)7-9-14(16)17-10-11-4-2-1-3-5-11/h1-5,12-13,15H,6-10H2. The largest absolute Gasteiger partial charge is 0.461 e. The number of hydrogen-bond acceptors (Lipinski definition) is 3. The van der Waals surface area contributed by atoms with Gasteiger partial charge in [-0.15, -0.1) is 0 Å². The fourth-order valence-corrected chi connectivity index (χ4v) is 2.00. The minimum atomic E-state index is -0.197. The highest BCUT2D eigenvalue weighted by atomic mass is 16.5. The van der Waals surface area contributed by atoms with E-state index in [1.54, 1.807) is 0 Å². The molecular weight excluding hydrogens is 216 g/mol. The number of hydrogen-bond donors (Lipinski definition) is 1. The second kappa shape index (κ2) is 5.82. The Morgan fingerprint density at radius 2 is 2.06 bits per heavy atom. The SMILES string of the molecule is O=C(CCC1CCC1O)OCc1ccccc1. The molecule has 0 saturated heterocycles. The first kappa shape index (κ1) is 12.1. The molecule has 3 nitrogen and oxygen atoms in total. The summed E-state index contributed by atoms with van der Waals surface area (Å²) in [5, 5.41) is 9.38. The van der Waals surface area contributed by atoms with Crippen LogP contribution in [0.4, 0.5) is 0 Å². The van der Waals surface area contributed by atoms with E-state index in [1.165, 1.54) is 0 Å². The molecule has 1 aliphatic rings. The minimum absolute atomic E-state index is 0.173. The van der Waals surface area contributed by atoms with Crippen LogP contribution in [0, 0.1) is 5.92 Å². The van der Waals surface area contributed by atoms with E-state index < -0.39 is 0 Å². The highest BCUT2D eigenvalue weighted by molar-refractivity contribution is 5.69. The third-order valence-corrected chi connectivity index (χ3v) is 3.34.